The Bertz CT molecular complexity index is 1260. The average Bonchev–Trinajstić information content (AvgIpc) is 3.44. The molecule has 0 aliphatic carbocycles. The minimum Gasteiger partial charge on any atom is -0.334 e. The summed E-state index contributed by atoms with van der Waals surface area (Å²) >= 11 is 4.86. The fourth-order valence-electron chi connectivity index (χ4n) is 3.86. The molecule has 0 spiro atoms. The molecule has 0 unspecified atom stereocenters. The highest BCUT2D eigenvalue weighted by Gasteiger charge is 2.39. The summed E-state index contributed by atoms with van der Waals surface area (Å²) in [5.74, 6) is 0.0570. The van der Waals surface area contributed by atoms with Crippen LogP contribution in [0.3, 0.4) is 0 Å². The molecule has 5 rings (SSSR count). The maximum Gasteiger partial charge on any atom is 0.269 e. The molecule has 3 aromatic rings. The zero-order chi connectivity index (χ0) is 22.2. The Hall–Kier alpha value is -2.29. The smallest absolute Gasteiger partial charge is 0.269 e. The number of aryl methyl sites for hydroxylation is 1. The van der Waals surface area contributed by atoms with Gasteiger partial charge in [0.05, 0.1) is 26.6 Å². The van der Waals surface area contributed by atoms with Gasteiger partial charge in [-0.1, -0.05) is 37.2 Å². The lowest BCUT2D eigenvalue weighted by Crippen LogP contribution is -2.30. The van der Waals surface area contributed by atoms with E-state index < -0.39 is 0 Å². The first-order valence-corrected chi connectivity index (χ1v) is 13.3. The van der Waals surface area contributed by atoms with E-state index in [2.05, 4.69) is 48.0 Å². The number of para-hydroxylation sites is 1. The third kappa shape index (κ3) is 3.84. The van der Waals surface area contributed by atoms with Gasteiger partial charge in [-0.3, -0.25) is 9.69 Å². The summed E-state index contributed by atoms with van der Waals surface area (Å²) in [5.41, 5.74) is 2.97. The van der Waals surface area contributed by atoms with E-state index in [9.17, 15) is 4.79 Å². The summed E-state index contributed by atoms with van der Waals surface area (Å²) in [7, 11) is 0. The van der Waals surface area contributed by atoms with Crippen molar-refractivity contribution in [3.8, 4) is 0 Å². The highest BCUT2D eigenvalue weighted by molar-refractivity contribution is 8.19. The summed E-state index contributed by atoms with van der Waals surface area (Å²) < 4.78 is 1.16. The molecule has 1 aromatic heterocycles. The number of fused-ring (bicyclic) bond motifs is 2. The monoisotopic (exact) mass is 480 g/mol. The number of anilines is 1. The van der Waals surface area contributed by atoms with Gasteiger partial charge >= 0.3 is 0 Å². The van der Waals surface area contributed by atoms with Crippen LogP contribution in [0.15, 0.2) is 62.3 Å². The van der Waals surface area contributed by atoms with Crippen molar-refractivity contribution in [3.63, 3.8) is 0 Å². The number of unbranched alkanes of at least 4 members (excludes halogenated alkanes) is 1. The number of nitrogens with zero attached hydrogens (tertiary/aromatic N) is 4. The highest BCUT2D eigenvalue weighted by atomic mass is 32.2. The van der Waals surface area contributed by atoms with Gasteiger partial charge in [0.25, 0.3) is 5.91 Å². The second kappa shape index (κ2) is 8.92. The Labute approximate surface area is 200 Å². The number of hydrogen-bond donors (Lipinski definition) is 0. The standard InChI is InChI=1S/C24H24N4OS3/c1-4-6-13-28-22(29)21(23-27(5-2)18-9-7-8-10-20(18)31-23)32-24(28)26-16-11-12-19-17(14-16)25-15(3)30-19/h7-12,14H,4-6,13H2,1-3H3. The topological polar surface area (TPSA) is 48.8 Å². The van der Waals surface area contributed by atoms with Crippen LogP contribution in [0, 0.1) is 6.92 Å². The van der Waals surface area contributed by atoms with Gasteiger partial charge in [0.1, 0.15) is 9.93 Å². The molecule has 1 fully saturated rings. The maximum absolute atomic E-state index is 13.5. The van der Waals surface area contributed by atoms with E-state index in [-0.39, 0.29) is 5.91 Å². The Balaban J connectivity index is 1.55. The number of thiazole rings is 1. The number of rotatable bonds is 5. The molecule has 8 heteroatoms. The van der Waals surface area contributed by atoms with E-state index in [1.807, 2.05) is 30.0 Å². The van der Waals surface area contributed by atoms with Crippen molar-refractivity contribution in [1.29, 1.82) is 0 Å². The zero-order valence-electron chi connectivity index (χ0n) is 18.3. The molecule has 2 aromatic carbocycles. The second-order valence-electron chi connectivity index (χ2n) is 7.64. The molecule has 164 valence electrons. The van der Waals surface area contributed by atoms with E-state index in [1.54, 1.807) is 23.1 Å². The molecule has 32 heavy (non-hydrogen) atoms. The predicted molar refractivity (Wildman–Crippen MR) is 138 cm³/mol. The first-order chi connectivity index (χ1) is 15.6. The van der Waals surface area contributed by atoms with E-state index in [0.29, 0.717) is 6.54 Å². The van der Waals surface area contributed by atoms with Gasteiger partial charge in [-0.15, -0.1) is 11.3 Å². The fourth-order valence-corrected chi connectivity index (χ4v) is 7.09. The Morgan fingerprint density at radius 2 is 1.91 bits per heavy atom. The lowest BCUT2D eigenvalue weighted by Gasteiger charge is -2.19. The first-order valence-electron chi connectivity index (χ1n) is 10.8. The van der Waals surface area contributed by atoms with Crippen LogP contribution in [-0.4, -0.2) is 34.0 Å². The second-order valence-corrected chi connectivity index (χ2v) is 10.9. The molecule has 0 atom stereocenters. The summed E-state index contributed by atoms with van der Waals surface area (Å²) in [6.07, 6.45) is 1.97. The molecule has 2 aliphatic heterocycles. The molecule has 0 bridgehead atoms. The van der Waals surface area contributed by atoms with Crippen LogP contribution in [0.4, 0.5) is 11.4 Å². The van der Waals surface area contributed by atoms with E-state index in [4.69, 9.17) is 4.99 Å². The number of carbonyl (C=O) groups excluding carboxylic acids is 1. The van der Waals surface area contributed by atoms with Crippen LogP contribution in [0.2, 0.25) is 0 Å². The number of benzene rings is 2. The number of aromatic nitrogens is 1. The summed E-state index contributed by atoms with van der Waals surface area (Å²) in [6, 6.07) is 14.4. The quantitative estimate of drug-likeness (QED) is 0.377. The number of hydrogen-bond acceptors (Lipinski definition) is 7. The summed E-state index contributed by atoms with van der Waals surface area (Å²) in [4.78, 5) is 29.1. The highest BCUT2D eigenvalue weighted by Crippen LogP contribution is 2.50. The number of thioether (sulfide) groups is 2. The van der Waals surface area contributed by atoms with Crippen molar-refractivity contribution in [3.05, 3.63) is 57.4 Å². The molecular formula is C24H24N4OS3. The molecule has 5 nitrogen and oxygen atoms in total. The Morgan fingerprint density at radius 1 is 1.06 bits per heavy atom. The van der Waals surface area contributed by atoms with Crippen LogP contribution >= 0.6 is 34.9 Å². The van der Waals surface area contributed by atoms with Gasteiger partial charge < -0.3 is 4.90 Å². The summed E-state index contributed by atoms with van der Waals surface area (Å²) in [6.45, 7) is 7.79. The fraction of sp³-hybridized carbons (Fsp3) is 0.292. The molecule has 1 amide bonds. The zero-order valence-corrected chi connectivity index (χ0v) is 20.7. The van der Waals surface area contributed by atoms with E-state index in [1.165, 1.54) is 22.3 Å². The van der Waals surface area contributed by atoms with Crippen LogP contribution in [0.25, 0.3) is 10.2 Å². The molecule has 2 aliphatic rings. The van der Waals surface area contributed by atoms with Crippen molar-refractivity contribution in [2.24, 2.45) is 4.99 Å². The average molecular weight is 481 g/mol. The van der Waals surface area contributed by atoms with Gasteiger partial charge in [-0.05, 0) is 62.4 Å². The normalized spacial score (nSPS) is 19.6. The molecular weight excluding hydrogens is 456 g/mol. The number of aliphatic imine (C=N–C) groups is 1. The van der Waals surface area contributed by atoms with Crippen molar-refractivity contribution in [2.45, 2.75) is 38.5 Å². The van der Waals surface area contributed by atoms with Crippen molar-refractivity contribution in [2.75, 3.05) is 18.0 Å². The van der Waals surface area contributed by atoms with Gasteiger partial charge in [0.2, 0.25) is 0 Å². The van der Waals surface area contributed by atoms with Crippen molar-refractivity contribution >= 4 is 67.5 Å². The Kier molecular flexibility index (Phi) is 6.01. The van der Waals surface area contributed by atoms with Crippen LogP contribution in [0.1, 0.15) is 31.7 Å². The van der Waals surface area contributed by atoms with Crippen molar-refractivity contribution in [1.82, 2.24) is 9.88 Å². The third-order valence-corrected chi connectivity index (χ3v) is 8.75. The molecule has 0 radical (unpaired) electrons. The molecule has 1 saturated heterocycles. The van der Waals surface area contributed by atoms with Crippen LogP contribution in [-0.2, 0) is 4.79 Å². The van der Waals surface area contributed by atoms with Gasteiger partial charge in [-0.25, -0.2) is 9.98 Å². The SMILES string of the molecule is CCCCN1C(=O)C(=C2Sc3ccccc3N2CC)SC1=Nc1ccc2sc(C)nc2c1. The number of carbonyl (C=O) groups is 1. The van der Waals surface area contributed by atoms with Gasteiger partial charge in [0.15, 0.2) is 5.17 Å². The summed E-state index contributed by atoms with van der Waals surface area (Å²) in [5, 5.41) is 2.81. The van der Waals surface area contributed by atoms with Gasteiger partial charge in [-0.2, -0.15) is 0 Å². The minimum atomic E-state index is 0.0570. The maximum atomic E-state index is 13.5. The molecule has 0 saturated carbocycles. The molecule has 0 N–H and O–H groups in total. The van der Waals surface area contributed by atoms with Crippen LogP contribution < -0.4 is 4.90 Å². The van der Waals surface area contributed by atoms with E-state index >= 15 is 0 Å². The number of amidine groups is 1. The third-order valence-electron chi connectivity index (χ3n) is 5.42. The number of amides is 1. The lowest BCUT2D eigenvalue weighted by atomic mass is 10.3. The minimum absolute atomic E-state index is 0.0570. The first kappa shape index (κ1) is 21.6. The van der Waals surface area contributed by atoms with E-state index in [0.717, 1.165) is 55.4 Å². The largest absolute Gasteiger partial charge is 0.334 e. The van der Waals surface area contributed by atoms with Crippen molar-refractivity contribution < 1.29 is 4.79 Å². The van der Waals surface area contributed by atoms with Gasteiger partial charge in [0, 0.05) is 18.0 Å². The Morgan fingerprint density at radius 3 is 2.72 bits per heavy atom. The lowest BCUT2D eigenvalue weighted by molar-refractivity contribution is -0.122. The molecule has 3 heterocycles. The predicted octanol–water partition coefficient (Wildman–Crippen LogP) is 6.77. The van der Waals surface area contributed by atoms with Crippen LogP contribution in [0.5, 0.6) is 0 Å².